The van der Waals surface area contributed by atoms with E-state index < -0.39 is 0 Å². The molecule has 0 aliphatic heterocycles. The molecule has 0 N–H and O–H groups in total. The summed E-state index contributed by atoms with van der Waals surface area (Å²) >= 11 is 5.99. The smallest absolute Gasteiger partial charge is 0.227 e. The zero-order valence-electron chi connectivity index (χ0n) is 16.7. The Hall–Kier alpha value is -2.59. The predicted molar refractivity (Wildman–Crippen MR) is 114 cm³/mol. The van der Waals surface area contributed by atoms with Crippen LogP contribution in [0.2, 0.25) is 5.02 Å². The molecule has 3 aromatic rings. The SMILES string of the molecule is CCN(CCc1ccccc1)C(=O)Cc1c(C)nn(-c2ccc(Cl)cc2)c1C. The van der Waals surface area contributed by atoms with Crippen molar-refractivity contribution >= 4 is 17.5 Å². The van der Waals surface area contributed by atoms with E-state index in [1.54, 1.807) is 0 Å². The van der Waals surface area contributed by atoms with Crippen molar-refractivity contribution in [1.29, 1.82) is 0 Å². The number of aryl methyl sites for hydroxylation is 1. The number of likely N-dealkylation sites (N-methyl/N-ethyl adjacent to an activating group) is 1. The second-order valence-corrected chi connectivity index (χ2v) is 7.36. The third-order valence-electron chi connectivity index (χ3n) is 5.09. The first kappa shape index (κ1) is 20.2. The van der Waals surface area contributed by atoms with E-state index in [0.717, 1.165) is 35.6 Å². The number of rotatable bonds is 7. The zero-order valence-corrected chi connectivity index (χ0v) is 17.4. The van der Waals surface area contributed by atoms with Crippen molar-refractivity contribution in [3.63, 3.8) is 0 Å². The van der Waals surface area contributed by atoms with Crippen molar-refractivity contribution in [1.82, 2.24) is 14.7 Å². The van der Waals surface area contributed by atoms with Gasteiger partial charge in [0.1, 0.15) is 0 Å². The van der Waals surface area contributed by atoms with Gasteiger partial charge in [-0.3, -0.25) is 4.79 Å². The van der Waals surface area contributed by atoms with Crippen LogP contribution in [0.3, 0.4) is 0 Å². The lowest BCUT2D eigenvalue weighted by Crippen LogP contribution is -2.34. The Bertz CT molecular complexity index is 932. The molecular formula is C23H26ClN3O. The first-order valence-electron chi connectivity index (χ1n) is 9.62. The molecule has 0 aliphatic rings. The molecule has 0 atom stereocenters. The number of aromatic nitrogens is 2. The summed E-state index contributed by atoms with van der Waals surface area (Å²) in [5, 5.41) is 5.34. The lowest BCUT2D eigenvalue weighted by molar-refractivity contribution is -0.130. The molecule has 0 bridgehead atoms. The average Bonchev–Trinajstić information content (AvgIpc) is 2.98. The van der Waals surface area contributed by atoms with Crippen molar-refractivity contribution in [2.75, 3.05) is 13.1 Å². The van der Waals surface area contributed by atoms with Gasteiger partial charge in [-0.05, 0) is 57.0 Å². The van der Waals surface area contributed by atoms with E-state index in [2.05, 4.69) is 17.2 Å². The van der Waals surface area contributed by atoms with E-state index in [4.69, 9.17) is 11.6 Å². The number of hydrogen-bond acceptors (Lipinski definition) is 2. The highest BCUT2D eigenvalue weighted by Gasteiger charge is 2.19. The quantitative estimate of drug-likeness (QED) is 0.577. The first-order chi connectivity index (χ1) is 13.5. The maximum atomic E-state index is 12.9. The van der Waals surface area contributed by atoms with Crippen LogP contribution in [0.4, 0.5) is 0 Å². The molecule has 4 nitrogen and oxygen atoms in total. The van der Waals surface area contributed by atoms with Gasteiger partial charge in [0.15, 0.2) is 0 Å². The second-order valence-electron chi connectivity index (χ2n) is 6.92. The zero-order chi connectivity index (χ0) is 20.1. The molecule has 0 radical (unpaired) electrons. The van der Waals surface area contributed by atoms with E-state index in [9.17, 15) is 4.79 Å². The number of benzene rings is 2. The van der Waals surface area contributed by atoms with Gasteiger partial charge in [0.25, 0.3) is 0 Å². The topological polar surface area (TPSA) is 38.1 Å². The summed E-state index contributed by atoms with van der Waals surface area (Å²) in [4.78, 5) is 14.9. The lowest BCUT2D eigenvalue weighted by atomic mass is 10.1. The van der Waals surface area contributed by atoms with E-state index >= 15 is 0 Å². The van der Waals surface area contributed by atoms with Crippen LogP contribution in [-0.4, -0.2) is 33.7 Å². The predicted octanol–water partition coefficient (Wildman–Crippen LogP) is 4.78. The summed E-state index contributed by atoms with van der Waals surface area (Å²) in [6.45, 7) is 7.43. The van der Waals surface area contributed by atoms with Gasteiger partial charge in [-0.25, -0.2) is 4.68 Å². The van der Waals surface area contributed by atoms with E-state index in [1.807, 2.05) is 72.8 Å². The third-order valence-corrected chi connectivity index (χ3v) is 5.34. The number of carbonyl (C=O) groups excluding carboxylic acids is 1. The molecule has 1 amide bonds. The van der Waals surface area contributed by atoms with Crippen LogP contribution < -0.4 is 0 Å². The molecule has 5 heteroatoms. The fraction of sp³-hybridized carbons (Fsp3) is 0.304. The molecule has 2 aromatic carbocycles. The number of hydrogen-bond donors (Lipinski definition) is 0. The van der Waals surface area contributed by atoms with Gasteiger partial charge in [-0.2, -0.15) is 5.10 Å². The number of amides is 1. The lowest BCUT2D eigenvalue weighted by Gasteiger charge is -2.21. The molecule has 0 saturated heterocycles. The minimum atomic E-state index is 0.139. The Balaban J connectivity index is 1.73. The summed E-state index contributed by atoms with van der Waals surface area (Å²) in [6, 6.07) is 17.8. The van der Waals surface area contributed by atoms with E-state index in [-0.39, 0.29) is 5.91 Å². The Labute approximate surface area is 171 Å². The highest BCUT2D eigenvalue weighted by molar-refractivity contribution is 6.30. The molecule has 146 valence electrons. The Morgan fingerprint density at radius 1 is 1.07 bits per heavy atom. The molecule has 1 aromatic heterocycles. The van der Waals surface area contributed by atoms with Crippen LogP contribution >= 0.6 is 11.6 Å². The first-order valence-corrected chi connectivity index (χ1v) is 10.00. The van der Waals surface area contributed by atoms with Crippen LogP contribution in [0.25, 0.3) is 5.69 Å². The minimum absolute atomic E-state index is 0.139. The molecular weight excluding hydrogens is 370 g/mol. The molecule has 0 aliphatic carbocycles. The largest absolute Gasteiger partial charge is 0.342 e. The maximum absolute atomic E-state index is 12.9. The van der Waals surface area contributed by atoms with E-state index in [1.165, 1.54) is 5.56 Å². The van der Waals surface area contributed by atoms with Gasteiger partial charge in [0.2, 0.25) is 5.91 Å². The number of nitrogens with zero attached hydrogens (tertiary/aromatic N) is 3. The van der Waals surface area contributed by atoms with Crippen LogP contribution in [0.15, 0.2) is 54.6 Å². The monoisotopic (exact) mass is 395 g/mol. The number of carbonyl (C=O) groups is 1. The molecule has 28 heavy (non-hydrogen) atoms. The summed E-state index contributed by atoms with van der Waals surface area (Å²) in [6.07, 6.45) is 1.23. The van der Waals surface area contributed by atoms with Gasteiger partial charge >= 0.3 is 0 Å². The van der Waals surface area contributed by atoms with Crippen molar-refractivity contribution in [2.24, 2.45) is 0 Å². The fourth-order valence-corrected chi connectivity index (χ4v) is 3.52. The molecule has 0 saturated carbocycles. The Morgan fingerprint density at radius 3 is 2.39 bits per heavy atom. The highest BCUT2D eigenvalue weighted by atomic mass is 35.5. The summed E-state index contributed by atoms with van der Waals surface area (Å²) < 4.78 is 1.88. The Kier molecular flexibility index (Phi) is 6.53. The van der Waals surface area contributed by atoms with Crippen LogP contribution in [0.1, 0.15) is 29.4 Å². The van der Waals surface area contributed by atoms with Crippen molar-refractivity contribution < 1.29 is 4.79 Å². The van der Waals surface area contributed by atoms with Crippen molar-refractivity contribution in [2.45, 2.75) is 33.6 Å². The molecule has 3 rings (SSSR count). The van der Waals surface area contributed by atoms with Gasteiger partial charge in [-0.1, -0.05) is 41.9 Å². The fourth-order valence-electron chi connectivity index (χ4n) is 3.40. The number of halogens is 1. The standard InChI is InChI=1S/C23H26ClN3O/c1-4-26(15-14-19-8-6-5-7-9-19)23(28)16-22-17(2)25-27(18(22)3)21-12-10-20(24)11-13-21/h5-13H,4,14-16H2,1-3H3. The maximum Gasteiger partial charge on any atom is 0.227 e. The van der Waals surface area contributed by atoms with Crippen LogP contribution in [0.5, 0.6) is 0 Å². The van der Waals surface area contributed by atoms with E-state index in [0.29, 0.717) is 18.0 Å². The summed E-state index contributed by atoms with van der Waals surface area (Å²) in [5.41, 5.74) is 5.07. The van der Waals surface area contributed by atoms with Crippen molar-refractivity contribution in [3.8, 4) is 5.69 Å². The van der Waals surface area contributed by atoms with Gasteiger partial charge in [-0.15, -0.1) is 0 Å². The molecule has 0 fully saturated rings. The molecule has 1 heterocycles. The van der Waals surface area contributed by atoms with Gasteiger partial charge < -0.3 is 4.90 Å². The molecule has 0 spiro atoms. The van der Waals surface area contributed by atoms with Gasteiger partial charge in [0, 0.05) is 29.4 Å². The Morgan fingerprint density at radius 2 is 1.75 bits per heavy atom. The normalized spacial score (nSPS) is 10.9. The summed E-state index contributed by atoms with van der Waals surface area (Å²) in [7, 11) is 0. The van der Waals surface area contributed by atoms with Crippen LogP contribution in [-0.2, 0) is 17.6 Å². The van der Waals surface area contributed by atoms with Gasteiger partial charge in [0.05, 0.1) is 17.8 Å². The van der Waals surface area contributed by atoms with Crippen molar-refractivity contribution in [3.05, 3.63) is 82.1 Å². The second kappa shape index (κ2) is 9.07. The average molecular weight is 396 g/mol. The minimum Gasteiger partial charge on any atom is -0.342 e. The molecule has 0 unspecified atom stereocenters. The summed E-state index contributed by atoms with van der Waals surface area (Å²) in [5.74, 6) is 0.139. The third kappa shape index (κ3) is 4.63. The highest BCUT2D eigenvalue weighted by Crippen LogP contribution is 2.20. The van der Waals surface area contributed by atoms with Crippen LogP contribution in [0, 0.1) is 13.8 Å².